The van der Waals surface area contributed by atoms with Crippen LogP contribution in [0.15, 0.2) is 23.2 Å². The van der Waals surface area contributed by atoms with Crippen LogP contribution in [0, 0.1) is 5.92 Å². The Morgan fingerprint density at radius 1 is 1.31 bits per heavy atom. The van der Waals surface area contributed by atoms with Crippen LogP contribution in [0.5, 0.6) is 5.88 Å². The number of amides is 1. The largest absolute Gasteiger partial charge is 0.494 e. The molecule has 2 aliphatic heterocycles. The van der Waals surface area contributed by atoms with E-state index < -0.39 is 0 Å². The molecular weight excluding hydrogens is 366 g/mol. The van der Waals surface area contributed by atoms with Crippen molar-refractivity contribution in [2.45, 2.75) is 46.1 Å². The molecule has 3 heterocycles. The van der Waals surface area contributed by atoms with Gasteiger partial charge in [-0.1, -0.05) is 19.9 Å². The van der Waals surface area contributed by atoms with Crippen LogP contribution in [0.2, 0.25) is 0 Å². The Labute approximate surface area is 172 Å². The second-order valence-corrected chi connectivity index (χ2v) is 8.63. The fourth-order valence-electron chi connectivity index (χ4n) is 4.59. The summed E-state index contributed by atoms with van der Waals surface area (Å²) in [6, 6.07) is 6.73. The minimum Gasteiger partial charge on any atom is -0.494 e. The molecule has 1 saturated heterocycles. The maximum absolute atomic E-state index is 11.9. The highest BCUT2D eigenvalue weighted by Crippen LogP contribution is 2.39. The average molecular weight is 398 g/mol. The summed E-state index contributed by atoms with van der Waals surface area (Å²) in [5.41, 5.74) is 3.90. The number of rotatable bonds is 4. The van der Waals surface area contributed by atoms with Crippen molar-refractivity contribution in [1.29, 1.82) is 0 Å². The fraction of sp³-hybridized carbons (Fsp3) is 0.565. The Bertz CT molecular complexity index is 938. The van der Waals surface area contributed by atoms with Gasteiger partial charge < -0.3 is 19.3 Å². The second kappa shape index (κ2) is 8.19. The lowest BCUT2D eigenvalue weighted by atomic mass is 9.99. The summed E-state index contributed by atoms with van der Waals surface area (Å²) in [7, 11) is 0. The van der Waals surface area contributed by atoms with E-state index in [1.165, 1.54) is 5.56 Å². The van der Waals surface area contributed by atoms with E-state index in [0.717, 1.165) is 41.4 Å². The SMILES string of the molecule is CC(=O)N1CCN=C(c2c(O)n(C3CCOCC3)c3ccc(CC(C)C)cc23)C1. The van der Waals surface area contributed by atoms with Gasteiger partial charge in [0, 0.05) is 38.1 Å². The van der Waals surface area contributed by atoms with Gasteiger partial charge in [0.15, 0.2) is 0 Å². The molecule has 29 heavy (non-hydrogen) atoms. The zero-order valence-electron chi connectivity index (χ0n) is 17.6. The topological polar surface area (TPSA) is 67.1 Å². The van der Waals surface area contributed by atoms with Gasteiger partial charge >= 0.3 is 0 Å². The van der Waals surface area contributed by atoms with Crippen molar-refractivity contribution in [2.75, 3.05) is 32.8 Å². The number of hydrogen-bond donors (Lipinski definition) is 1. The first-order valence-electron chi connectivity index (χ1n) is 10.7. The summed E-state index contributed by atoms with van der Waals surface area (Å²) in [4.78, 5) is 18.5. The third-order valence-corrected chi connectivity index (χ3v) is 5.99. The van der Waals surface area contributed by atoms with E-state index in [9.17, 15) is 9.90 Å². The molecule has 6 heteroatoms. The molecule has 1 fully saturated rings. The van der Waals surface area contributed by atoms with Crippen molar-refractivity contribution in [3.63, 3.8) is 0 Å². The number of carbonyl (C=O) groups is 1. The maximum Gasteiger partial charge on any atom is 0.219 e. The first-order valence-corrected chi connectivity index (χ1v) is 10.7. The quantitative estimate of drug-likeness (QED) is 0.858. The average Bonchev–Trinajstić information content (AvgIpc) is 2.99. The lowest BCUT2D eigenvalue weighted by Crippen LogP contribution is -2.39. The molecule has 0 radical (unpaired) electrons. The summed E-state index contributed by atoms with van der Waals surface area (Å²) in [6.07, 6.45) is 2.76. The van der Waals surface area contributed by atoms with E-state index in [1.807, 2.05) is 0 Å². The number of aliphatic imine (C=N–C) groups is 1. The summed E-state index contributed by atoms with van der Waals surface area (Å²) in [5.74, 6) is 0.880. The van der Waals surface area contributed by atoms with Gasteiger partial charge in [-0.15, -0.1) is 0 Å². The van der Waals surface area contributed by atoms with Crippen LogP contribution >= 0.6 is 0 Å². The maximum atomic E-state index is 11.9. The minimum atomic E-state index is 0.0468. The molecular formula is C23H31N3O3. The molecule has 2 aromatic rings. The zero-order valence-corrected chi connectivity index (χ0v) is 17.6. The van der Waals surface area contributed by atoms with E-state index in [-0.39, 0.29) is 17.8 Å². The summed E-state index contributed by atoms with van der Waals surface area (Å²) >= 11 is 0. The molecule has 1 aromatic carbocycles. The molecule has 0 aliphatic carbocycles. The number of aromatic nitrogens is 1. The van der Waals surface area contributed by atoms with E-state index in [4.69, 9.17) is 9.73 Å². The van der Waals surface area contributed by atoms with Crippen LogP contribution in [0.4, 0.5) is 0 Å². The van der Waals surface area contributed by atoms with Crippen molar-refractivity contribution in [3.8, 4) is 5.88 Å². The Morgan fingerprint density at radius 2 is 2.07 bits per heavy atom. The van der Waals surface area contributed by atoms with Crippen LogP contribution in [-0.4, -0.2) is 59.0 Å². The molecule has 4 rings (SSSR count). The van der Waals surface area contributed by atoms with Gasteiger partial charge in [-0.3, -0.25) is 9.79 Å². The smallest absolute Gasteiger partial charge is 0.219 e. The van der Waals surface area contributed by atoms with Crippen LogP contribution in [0.1, 0.15) is 50.8 Å². The molecule has 0 atom stereocenters. The second-order valence-electron chi connectivity index (χ2n) is 8.63. The lowest BCUT2D eigenvalue weighted by Gasteiger charge is -2.26. The predicted octanol–water partition coefficient (Wildman–Crippen LogP) is 3.55. The third-order valence-electron chi connectivity index (χ3n) is 5.99. The molecule has 1 amide bonds. The molecule has 0 spiro atoms. The van der Waals surface area contributed by atoms with Crippen molar-refractivity contribution < 1.29 is 14.6 Å². The van der Waals surface area contributed by atoms with Crippen molar-refractivity contribution in [2.24, 2.45) is 10.9 Å². The number of nitrogens with zero attached hydrogens (tertiary/aromatic N) is 3. The molecule has 0 bridgehead atoms. The monoisotopic (exact) mass is 397 g/mol. The van der Waals surface area contributed by atoms with Crippen LogP contribution in [0.3, 0.4) is 0 Å². The minimum absolute atomic E-state index is 0.0468. The first kappa shape index (κ1) is 20.0. The van der Waals surface area contributed by atoms with Crippen molar-refractivity contribution in [3.05, 3.63) is 29.3 Å². The number of carbonyl (C=O) groups excluding carboxylic acids is 1. The van der Waals surface area contributed by atoms with Crippen molar-refractivity contribution in [1.82, 2.24) is 9.47 Å². The Balaban J connectivity index is 1.85. The standard InChI is InChI=1S/C23H31N3O3/c1-15(2)12-17-4-5-21-19(13-17)22(20-14-25(16(3)27)9-8-24-20)23(28)26(21)18-6-10-29-11-7-18/h4-5,13,15,18,28H,6-12,14H2,1-3H3. The van der Waals surface area contributed by atoms with Crippen molar-refractivity contribution >= 4 is 22.5 Å². The third kappa shape index (κ3) is 3.90. The Morgan fingerprint density at radius 3 is 2.76 bits per heavy atom. The highest BCUT2D eigenvalue weighted by Gasteiger charge is 2.29. The van der Waals surface area contributed by atoms with Gasteiger partial charge in [0.05, 0.1) is 29.9 Å². The van der Waals surface area contributed by atoms with Gasteiger partial charge in [0.25, 0.3) is 0 Å². The Hall–Kier alpha value is -2.34. The molecule has 0 unspecified atom stereocenters. The molecule has 156 valence electrons. The van der Waals surface area contributed by atoms with Gasteiger partial charge in [0.2, 0.25) is 11.8 Å². The molecule has 0 saturated carbocycles. The number of aromatic hydroxyl groups is 1. The number of ether oxygens (including phenoxy) is 1. The van der Waals surface area contributed by atoms with E-state index in [1.54, 1.807) is 11.8 Å². The molecule has 6 nitrogen and oxygen atoms in total. The van der Waals surface area contributed by atoms with E-state index in [0.29, 0.717) is 38.8 Å². The normalized spacial score (nSPS) is 18.5. The summed E-state index contributed by atoms with van der Waals surface area (Å²) in [6.45, 7) is 9.10. The summed E-state index contributed by atoms with van der Waals surface area (Å²) < 4.78 is 7.61. The number of fused-ring (bicyclic) bond motifs is 1. The van der Waals surface area contributed by atoms with Crippen LogP contribution in [-0.2, 0) is 16.0 Å². The van der Waals surface area contributed by atoms with Crippen LogP contribution in [0.25, 0.3) is 10.9 Å². The van der Waals surface area contributed by atoms with Gasteiger partial charge in [-0.2, -0.15) is 0 Å². The highest BCUT2D eigenvalue weighted by atomic mass is 16.5. The molecule has 1 aromatic heterocycles. The highest BCUT2D eigenvalue weighted by molar-refractivity contribution is 6.15. The van der Waals surface area contributed by atoms with Gasteiger partial charge in [0.1, 0.15) is 0 Å². The van der Waals surface area contributed by atoms with Crippen LogP contribution < -0.4 is 0 Å². The predicted molar refractivity (Wildman–Crippen MR) is 115 cm³/mol. The zero-order chi connectivity index (χ0) is 20.5. The number of hydrogen-bond acceptors (Lipinski definition) is 4. The number of benzene rings is 1. The Kier molecular flexibility index (Phi) is 5.63. The van der Waals surface area contributed by atoms with Gasteiger partial charge in [-0.25, -0.2) is 0 Å². The van der Waals surface area contributed by atoms with E-state index in [2.05, 4.69) is 36.6 Å². The van der Waals surface area contributed by atoms with Gasteiger partial charge in [-0.05, 0) is 42.9 Å². The summed E-state index contributed by atoms with van der Waals surface area (Å²) in [5, 5.41) is 12.4. The molecule has 2 aliphatic rings. The lowest BCUT2D eigenvalue weighted by molar-refractivity contribution is -0.128. The fourth-order valence-corrected chi connectivity index (χ4v) is 4.59. The molecule has 1 N–H and O–H groups in total. The first-order chi connectivity index (χ1) is 14.0. The van der Waals surface area contributed by atoms with E-state index >= 15 is 0 Å².